The van der Waals surface area contributed by atoms with E-state index in [9.17, 15) is 8.42 Å². The number of hydrogen-bond acceptors (Lipinski definition) is 4. The average Bonchev–Trinajstić information content (AvgIpc) is 2.41. The molecule has 1 rings (SSSR count). The van der Waals surface area contributed by atoms with Gasteiger partial charge in [-0.15, -0.1) is 0 Å². The minimum Gasteiger partial charge on any atom is -0.381 e. The van der Waals surface area contributed by atoms with E-state index in [0.717, 1.165) is 11.3 Å². The highest BCUT2D eigenvalue weighted by atomic mass is 32.2. The van der Waals surface area contributed by atoms with Crippen LogP contribution < -0.4 is 10.0 Å². The lowest BCUT2D eigenvalue weighted by atomic mass is 10.2. The van der Waals surface area contributed by atoms with Crippen LogP contribution in [0.3, 0.4) is 0 Å². The van der Waals surface area contributed by atoms with Crippen LogP contribution in [0.4, 0.5) is 5.69 Å². The summed E-state index contributed by atoms with van der Waals surface area (Å²) >= 11 is 0. The second-order valence-corrected chi connectivity index (χ2v) is 6.53. The van der Waals surface area contributed by atoms with E-state index >= 15 is 0 Å². The largest absolute Gasteiger partial charge is 0.381 e. The third-order valence-electron chi connectivity index (χ3n) is 2.98. The number of nitrogens with two attached hydrogens (primary N) is 1. The normalized spacial score (nSPS) is 11.6. The van der Waals surface area contributed by atoms with Crippen LogP contribution in [0.2, 0.25) is 0 Å². The number of rotatable bonds is 9. The monoisotopic (exact) mass is 300 g/mol. The van der Waals surface area contributed by atoms with Gasteiger partial charge in [-0.3, -0.25) is 4.31 Å². The number of benzene rings is 1. The molecule has 0 radical (unpaired) electrons. The summed E-state index contributed by atoms with van der Waals surface area (Å²) in [5, 5.41) is 0. The van der Waals surface area contributed by atoms with E-state index in [1.807, 2.05) is 38.1 Å². The van der Waals surface area contributed by atoms with E-state index in [1.54, 1.807) is 0 Å². The van der Waals surface area contributed by atoms with Crippen LogP contribution in [0, 0.1) is 6.92 Å². The summed E-state index contributed by atoms with van der Waals surface area (Å²) < 4.78 is 31.6. The molecule has 5 nitrogen and oxygen atoms in total. The Balaban J connectivity index is 2.97. The molecule has 0 spiro atoms. The van der Waals surface area contributed by atoms with Gasteiger partial charge in [0.05, 0.1) is 18.0 Å². The van der Waals surface area contributed by atoms with Crippen LogP contribution >= 0.6 is 0 Å². The van der Waals surface area contributed by atoms with Crippen molar-refractivity contribution < 1.29 is 13.2 Å². The minimum atomic E-state index is -3.39. The van der Waals surface area contributed by atoms with Gasteiger partial charge in [0.2, 0.25) is 10.0 Å². The maximum Gasteiger partial charge on any atom is 0.237 e. The Labute approximate surface area is 121 Å². The molecule has 0 atom stereocenters. The molecule has 0 saturated carbocycles. The Kier molecular flexibility index (Phi) is 6.98. The first-order chi connectivity index (χ1) is 9.53. The van der Waals surface area contributed by atoms with Crippen molar-refractivity contribution in [3.8, 4) is 0 Å². The van der Waals surface area contributed by atoms with E-state index in [1.165, 1.54) is 4.31 Å². The Morgan fingerprint density at radius 1 is 1.30 bits per heavy atom. The zero-order valence-electron chi connectivity index (χ0n) is 12.2. The van der Waals surface area contributed by atoms with Crippen LogP contribution in [0.1, 0.15) is 18.9 Å². The Hall–Kier alpha value is -1.11. The molecule has 1 aromatic rings. The molecule has 1 aromatic carbocycles. The highest BCUT2D eigenvalue weighted by molar-refractivity contribution is 7.92. The molecule has 0 aliphatic rings. The first-order valence-corrected chi connectivity index (χ1v) is 8.47. The third-order valence-corrected chi connectivity index (χ3v) is 4.71. The van der Waals surface area contributed by atoms with Gasteiger partial charge < -0.3 is 10.5 Å². The molecule has 0 aromatic heterocycles. The van der Waals surface area contributed by atoms with Crippen molar-refractivity contribution in [3.05, 3.63) is 29.8 Å². The smallest absolute Gasteiger partial charge is 0.237 e. The molecule has 114 valence electrons. The second kappa shape index (κ2) is 8.24. The van der Waals surface area contributed by atoms with E-state index in [2.05, 4.69) is 0 Å². The quantitative estimate of drug-likeness (QED) is 0.702. The van der Waals surface area contributed by atoms with Crippen LogP contribution in [-0.2, 0) is 14.8 Å². The SMILES string of the molecule is CCOCCS(=O)(=O)N(CCCN)c1ccccc1C. The summed E-state index contributed by atoms with van der Waals surface area (Å²) in [5.74, 6) is -0.0141. The fourth-order valence-corrected chi connectivity index (χ4v) is 3.37. The number of aryl methyl sites for hydroxylation is 1. The topological polar surface area (TPSA) is 72.6 Å². The molecule has 2 N–H and O–H groups in total. The number of sulfonamides is 1. The Bertz CT molecular complexity index is 503. The van der Waals surface area contributed by atoms with Crippen LogP contribution in [0.25, 0.3) is 0 Å². The molecule has 0 bridgehead atoms. The minimum absolute atomic E-state index is 0.0141. The molecule has 0 fully saturated rings. The van der Waals surface area contributed by atoms with Crippen molar-refractivity contribution in [2.24, 2.45) is 5.73 Å². The van der Waals surface area contributed by atoms with E-state index in [0.29, 0.717) is 26.1 Å². The molecular formula is C14H24N2O3S. The zero-order valence-corrected chi connectivity index (χ0v) is 13.0. The fourth-order valence-electron chi connectivity index (χ4n) is 1.91. The van der Waals surface area contributed by atoms with Crippen molar-refractivity contribution in [3.63, 3.8) is 0 Å². The second-order valence-electron chi connectivity index (χ2n) is 4.51. The maximum absolute atomic E-state index is 12.5. The molecule has 0 aliphatic carbocycles. The van der Waals surface area contributed by atoms with Crippen LogP contribution in [0.5, 0.6) is 0 Å². The molecule has 0 saturated heterocycles. The summed E-state index contributed by atoms with van der Waals surface area (Å²) in [4.78, 5) is 0. The molecular weight excluding hydrogens is 276 g/mol. The van der Waals surface area contributed by atoms with Crippen molar-refractivity contribution in [2.75, 3.05) is 36.4 Å². The lowest BCUT2D eigenvalue weighted by molar-refractivity contribution is 0.163. The summed E-state index contributed by atoms with van der Waals surface area (Å²) in [6.45, 7) is 5.34. The van der Waals surface area contributed by atoms with E-state index < -0.39 is 10.0 Å². The van der Waals surface area contributed by atoms with Gasteiger partial charge in [0.1, 0.15) is 0 Å². The third kappa shape index (κ3) is 4.77. The highest BCUT2D eigenvalue weighted by Crippen LogP contribution is 2.23. The van der Waals surface area contributed by atoms with Crippen molar-refractivity contribution in [1.82, 2.24) is 0 Å². The average molecular weight is 300 g/mol. The van der Waals surface area contributed by atoms with Gasteiger partial charge in [-0.1, -0.05) is 18.2 Å². The molecule has 0 aliphatic heterocycles. The standard InChI is InChI=1S/C14H24N2O3S/c1-3-19-11-12-20(17,18)16(10-6-9-15)14-8-5-4-7-13(14)2/h4-5,7-8H,3,6,9-12,15H2,1-2H3. The Morgan fingerprint density at radius 2 is 2.00 bits per heavy atom. The number of nitrogens with zero attached hydrogens (tertiary/aromatic N) is 1. The van der Waals surface area contributed by atoms with E-state index in [4.69, 9.17) is 10.5 Å². The number of para-hydroxylation sites is 1. The van der Waals surface area contributed by atoms with Crippen molar-refractivity contribution in [1.29, 1.82) is 0 Å². The maximum atomic E-state index is 12.5. The number of ether oxygens (including phenoxy) is 1. The molecule has 0 heterocycles. The van der Waals surface area contributed by atoms with Gasteiger partial charge in [0.15, 0.2) is 0 Å². The van der Waals surface area contributed by atoms with Gasteiger partial charge in [0, 0.05) is 13.2 Å². The number of anilines is 1. The molecule has 0 amide bonds. The summed E-state index contributed by atoms with van der Waals surface area (Å²) in [5.41, 5.74) is 7.17. The zero-order chi connectivity index (χ0) is 15.0. The van der Waals surface area contributed by atoms with Crippen molar-refractivity contribution in [2.45, 2.75) is 20.3 Å². The van der Waals surface area contributed by atoms with Gasteiger partial charge in [-0.25, -0.2) is 8.42 Å². The predicted octanol–water partition coefficient (Wildman–Crippen LogP) is 1.52. The summed E-state index contributed by atoms with van der Waals surface area (Å²) in [7, 11) is -3.39. The molecule has 20 heavy (non-hydrogen) atoms. The lowest BCUT2D eigenvalue weighted by Gasteiger charge is -2.25. The lowest BCUT2D eigenvalue weighted by Crippen LogP contribution is -2.36. The van der Waals surface area contributed by atoms with E-state index in [-0.39, 0.29) is 12.4 Å². The summed E-state index contributed by atoms with van der Waals surface area (Å²) in [6.07, 6.45) is 0.627. The number of hydrogen-bond donors (Lipinski definition) is 1. The van der Waals surface area contributed by atoms with Gasteiger partial charge in [0.25, 0.3) is 0 Å². The van der Waals surface area contributed by atoms with Gasteiger partial charge >= 0.3 is 0 Å². The first-order valence-electron chi connectivity index (χ1n) is 6.86. The Morgan fingerprint density at radius 3 is 2.60 bits per heavy atom. The van der Waals surface area contributed by atoms with Crippen LogP contribution in [0.15, 0.2) is 24.3 Å². The molecule has 0 unspecified atom stereocenters. The predicted molar refractivity (Wildman–Crippen MR) is 82.5 cm³/mol. The van der Waals surface area contributed by atoms with Gasteiger partial charge in [-0.05, 0) is 38.4 Å². The van der Waals surface area contributed by atoms with Crippen molar-refractivity contribution >= 4 is 15.7 Å². The molecule has 6 heteroatoms. The highest BCUT2D eigenvalue weighted by Gasteiger charge is 2.22. The first kappa shape index (κ1) is 16.9. The van der Waals surface area contributed by atoms with Gasteiger partial charge in [-0.2, -0.15) is 0 Å². The van der Waals surface area contributed by atoms with Crippen LogP contribution in [-0.4, -0.2) is 40.5 Å². The fraction of sp³-hybridized carbons (Fsp3) is 0.571. The summed E-state index contributed by atoms with van der Waals surface area (Å²) in [6, 6.07) is 7.47.